The van der Waals surface area contributed by atoms with Gasteiger partial charge in [0.15, 0.2) is 0 Å². The normalized spacial score (nSPS) is 15.6. The van der Waals surface area contributed by atoms with E-state index in [0.717, 1.165) is 36.5 Å². The van der Waals surface area contributed by atoms with Crippen LogP contribution >= 0.6 is 11.8 Å². The summed E-state index contributed by atoms with van der Waals surface area (Å²) in [5, 5.41) is 3.01. The third-order valence-corrected chi connectivity index (χ3v) is 4.53. The SMILES string of the molecule is O=C(NCCCSc1ccc(F)cc1)C1CCCC1. The maximum atomic E-state index is 12.7. The lowest BCUT2D eigenvalue weighted by Gasteiger charge is -2.09. The van der Waals surface area contributed by atoms with Crippen molar-refractivity contribution in [1.82, 2.24) is 5.32 Å². The Morgan fingerprint density at radius 2 is 1.95 bits per heavy atom. The number of thioether (sulfide) groups is 1. The molecule has 2 nitrogen and oxygen atoms in total. The molecule has 0 unspecified atom stereocenters. The van der Waals surface area contributed by atoms with Crippen LogP contribution in [0.15, 0.2) is 29.2 Å². The summed E-state index contributed by atoms with van der Waals surface area (Å²) < 4.78 is 12.7. The number of halogens is 1. The number of nitrogens with one attached hydrogen (secondary N) is 1. The Balaban J connectivity index is 1.56. The minimum absolute atomic E-state index is 0.201. The van der Waals surface area contributed by atoms with Gasteiger partial charge >= 0.3 is 0 Å². The number of amides is 1. The molecule has 104 valence electrons. The van der Waals surface area contributed by atoms with Crippen molar-refractivity contribution in [1.29, 1.82) is 0 Å². The molecule has 0 aliphatic heterocycles. The number of hydrogen-bond donors (Lipinski definition) is 1. The molecule has 0 spiro atoms. The quantitative estimate of drug-likeness (QED) is 0.637. The van der Waals surface area contributed by atoms with Crippen LogP contribution in [0.2, 0.25) is 0 Å². The van der Waals surface area contributed by atoms with Crippen LogP contribution in [-0.4, -0.2) is 18.2 Å². The molecule has 0 saturated heterocycles. The summed E-state index contributed by atoms with van der Waals surface area (Å²) in [6, 6.07) is 6.53. The first kappa shape index (κ1) is 14.4. The van der Waals surface area contributed by atoms with Gasteiger partial charge in [-0.1, -0.05) is 12.8 Å². The zero-order chi connectivity index (χ0) is 13.5. The molecule has 0 bridgehead atoms. The van der Waals surface area contributed by atoms with Gasteiger partial charge in [0, 0.05) is 17.4 Å². The van der Waals surface area contributed by atoms with E-state index in [1.165, 1.54) is 25.0 Å². The molecule has 1 amide bonds. The topological polar surface area (TPSA) is 29.1 Å². The van der Waals surface area contributed by atoms with Crippen LogP contribution < -0.4 is 5.32 Å². The smallest absolute Gasteiger partial charge is 0.223 e. The van der Waals surface area contributed by atoms with Crippen molar-refractivity contribution in [2.75, 3.05) is 12.3 Å². The van der Waals surface area contributed by atoms with E-state index in [1.54, 1.807) is 23.9 Å². The maximum Gasteiger partial charge on any atom is 0.223 e. The van der Waals surface area contributed by atoms with Gasteiger partial charge in [-0.15, -0.1) is 11.8 Å². The Kier molecular flexibility index (Phi) is 5.70. The number of hydrogen-bond acceptors (Lipinski definition) is 2. The van der Waals surface area contributed by atoms with Crippen molar-refractivity contribution in [3.8, 4) is 0 Å². The van der Waals surface area contributed by atoms with Gasteiger partial charge in [-0.3, -0.25) is 4.79 Å². The van der Waals surface area contributed by atoms with Gasteiger partial charge in [0.25, 0.3) is 0 Å². The van der Waals surface area contributed by atoms with Crippen LogP contribution in [0, 0.1) is 11.7 Å². The Bertz CT molecular complexity index is 401. The van der Waals surface area contributed by atoms with E-state index < -0.39 is 0 Å². The first-order chi connectivity index (χ1) is 9.25. The molecule has 1 fully saturated rings. The van der Waals surface area contributed by atoms with E-state index in [-0.39, 0.29) is 17.6 Å². The number of rotatable bonds is 6. The standard InChI is InChI=1S/C15H20FNOS/c16-13-6-8-14(9-7-13)19-11-3-10-17-15(18)12-4-1-2-5-12/h6-9,12H,1-5,10-11H2,(H,17,18). The van der Waals surface area contributed by atoms with E-state index in [0.29, 0.717) is 0 Å². The van der Waals surface area contributed by atoms with Crippen LogP contribution in [0.25, 0.3) is 0 Å². The molecule has 1 aromatic rings. The monoisotopic (exact) mass is 281 g/mol. The number of carbonyl (C=O) groups is 1. The fourth-order valence-corrected chi connectivity index (χ4v) is 3.19. The Morgan fingerprint density at radius 1 is 1.26 bits per heavy atom. The van der Waals surface area contributed by atoms with Gasteiger partial charge in [-0.25, -0.2) is 4.39 Å². The Morgan fingerprint density at radius 3 is 2.63 bits per heavy atom. The first-order valence-corrected chi connectivity index (χ1v) is 7.90. The number of carbonyl (C=O) groups excluding carboxylic acids is 1. The second-order valence-electron chi connectivity index (χ2n) is 4.93. The van der Waals surface area contributed by atoms with E-state index in [4.69, 9.17) is 0 Å². The first-order valence-electron chi connectivity index (χ1n) is 6.92. The molecule has 1 saturated carbocycles. The summed E-state index contributed by atoms with van der Waals surface area (Å²) in [6.45, 7) is 0.740. The van der Waals surface area contributed by atoms with Gasteiger partial charge < -0.3 is 5.32 Å². The van der Waals surface area contributed by atoms with E-state index in [1.807, 2.05) is 0 Å². The molecule has 2 rings (SSSR count). The highest BCUT2D eigenvalue weighted by Gasteiger charge is 2.21. The lowest BCUT2D eigenvalue weighted by molar-refractivity contribution is -0.124. The van der Waals surface area contributed by atoms with Gasteiger partial charge in [-0.2, -0.15) is 0 Å². The van der Waals surface area contributed by atoms with E-state index in [2.05, 4.69) is 5.32 Å². The van der Waals surface area contributed by atoms with Crippen LogP contribution in [0.3, 0.4) is 0 Å². The lowest BCUT2D eigenvalue weighted by Crippen LogP contribution is -2.30. The molecule has 0 radical (unpaired) electrons. The summed E-state index contributed by atoms with van der Waals surface area (Å²) in [5.74, 6) is 1.22. The molecule has 1 N–H and O–H groups in total. The second-order valence-corrected chi connectivity index (χ2v) is 6.10. The molecular formula is C15H20FNOS. The van der Waals surface area contributed by atoms with E-state index in [9.17, 15) is 9.18 Å². The van der Waals surface area contributed by atoms with Crippen molar-refractivity contribution in [3.05, 3.63) is 30.1 Å². The molecule has 1 aromatic carbocycles. The zero-order valence-electron chi connectivity index (χ0n) is 11.0. The minimum atomic E-state index is -0.201. The van der Waals surface area contributed by atoms with Gasteiger partial charge in [0.2, 0.25) is 5.91 Å². The minimum Gasteiger partial charge on any atom is -0.356 e. The lowest BCUT2D eigenvalue weighted by atomic mass is 10.1. The van der Waals surface area contributed by atoms with Crippen LogP contribution in [0.5, 0.6) is 0 Å². The van der Waals surface area contributed by atoms with Crippen molar-refractivity contribution >= 4 is 17.7 Å². The second kappa shape index (κ2) is 7.53. The van der Waals surface area contributed by atoms with Crippen LogP contribution in [0.1, 0.15) is 32.1 Å². The molecular weight excluding hydrogens is 261 g/mol. The summed E-state index contributed by atoms with van der Waals surface area (Å²) >= 11 is 1.70. The summed E-state index contributed by atoms with van der Waals surface area (Å²) in [6.07, 6.45) is 5.43. The highest BCUT2D eigenvalue weighted by Crippen LogP contribution is 2.24. The average Bonchev–Trinajstić information content (AvgIpc) is 2.94. The third kappa shape index (κ3) is 4.86. The van der Waals surface area contributed by atoms with Crippen molar-refractivity contribution in [3.63, 3.8) is 0 Å². The molecule has 0 heterocycles. The molecule has 1 aliphatic rings. The Labute approximate surface area is 118 Å². The van der Waals surface area contributed by atoms with Crippen molar-refractivity contribution in [2.24, 2.45) is 5.92 Å². The van der Waals surface area contributed by atoms with Gasteiger partial charge in [0.1, 0.15) is 5.82 Å². The third-order valence-electron chi connectivity index (χ3n) is 3.43. The molecule has 0 atom stereocenters. The zero-order valence-corrected chi connectivity index (χ0v) is 11.8. The summed E-state index contributed by atoms with van der Waals surface area (Å²) in [5.41, 5.74) is 0. The summed E-state index contributed by atoms with van der Waals surface area (Å²) in [7, 11) is 0. The van der Waals surface area contributed by atoms with Gasteiger partial charge in [0.05, 0.1) is 0 Å². The molecule has 4 heteroatoms. The molecule has 1 aliphatic carbocycles. The molecule has 0 aromatic heterocycles. The molecule has 19 heavy (non-hydrogen) atoms. The van der Waals surface area contributed by atoms with E-state index >= 15 is 0 Å². The Hall–Kier alpha value is -1.03. The highest BCUT2D eigenvalue weighted by molar-refractivity contribution is 7.99. The van der Waals surface area contributed by atoms with Crippen LogP contribution in [-0.2, 0) is 4.79 Å². The predicted molar refractivity (Wildman–Crippen MR) is 76.7 cm³/mol. The van der Waals surface area contributed by atoms with Gasteiger partial charge in [-0.05, 0) is 49.3 Å². The summed E-state index contributed by atoms with van der Waals surface area (Å²) in [4.78, 5) is 12.8. The van der Waals surface area contributed by atoms with Crippen LogP contribution in [0.4, 0.5) is 4.39 Å². The maximum absolute atomic E-state index is 12.7. The van der Waals surface area contributed by atoms with Crippen molar-refractivity contribution < 1.29 is 9.18 Å². The fraction of sp³-hybridized carbons (Fsp3) is 0.533. The number of benzene rings is 1. The fourth-order valence-electron chi connectivity index (χ4n) is 2.34. The van der Waals surface area contributed by atoms with Crippen molar-refractivity contribution in [2.45, 2.75) is 37.0 Å². The largest absolute Gasteiger partial charge is 0.356 e. The average molecular weight is 281 g/mol. The predicted octanol–water partition coefficient (Wildman–Crippen LogP) is 3.61. The highest BCUT2D eigenvalue weighted by atomic mass is 32.2.